The van der Waals surface area contributed by atoms with Crippen molar-refractivity contribution in [1.82, 2.24) is 9.80 Å². The number of thiophene rings is 1. The Morgan fingerprint density at radius 1 is 0.706 bits per heavy atom. The summed E-state index contributed by atoms with van der Waals surface area (Å²) in [5.41, 5.74) is 5.51. The van der Waals surface area contributed by atoms with E-state index in [0.717, 1.165) is 32.7 Å². The van der Waals surface area contributed by atoms with Gasteiger partial charge < -0.3 is 0 Å². The Morgan fingerprint density at radius 2 is 1.21 bits per heavy atom. The highest BCUT2D eigenvalue weighted by Crippen LogP contribution is 2.33. The Hall–Kier alpha value is -2.14. The van der Waals surface area contributed by atoms with Crippen molar-refractivity contribution in [2.24, 2.45) is 0 Å². The van der Waals surface area contributed by atoms with Crippen LogP contribution in [0.3, 0.4) is 0 Å². The lowest BCUT2D eigenvalue weighted by atomic mass is 9.96. The summed E-state index contributed by atoms with van der Waals surface area (Å²) >= 11 is 1.95. The molecule has 0 spiro atoms. The number of hydrogen-bond donors (Lipinski definition) is 0. The van der Waals surface area contributed by atoms with Crippen molar-refractivity contribution < 1.29 is 0 Å². The van der Waals surface area contributed by atoms with Crippen LogP contribution < -0.4 is 0 Å². The Labute approximate surface area is 220 Å². The van der Waals surface area contributed by atoms with Gasteiger partial charge >= 0.3 is 0 Å². The summed E-state index contributed by atoms with van der Waals surface area (Å²) in [5, 5.41) is 0. The minimum Gasteiger partial charge on any atom is -0.296 e. The minimum absolute atomic E-state index is 0. The number of aryl methyl sites for hydroxylation is 1. The predicted molar refractivity (Wildman–Crippen MR) is 151 cm³/mol. The molecule has 1 aliphatic rings. The van der Waals surface area contributed by atoms with Crippen molar-refractivity contribution >= 4 is 36.2 Å². The van der Waals surface area contributed by atoms with Crippen LogP contribution in [0.1, 0.15) is 27.6 Å². The highest BCUT2D eigenvalue weighted by molar-refractivity contribution is 7.15. The number of piperazine rings is 1. The van der Waals surface area contributed by atoms with Gasteiger partial charge in [0.15, 0.2) is 0 Å². The van der Waals surface area contributed by atoms with Gasteiger partial charge in [0.1, 0.15) is 0 Å². The van der Waals surface area contributed by atoms with Crippen LogP contribution in [-0.2, 0) is 6.54 Å². The van der Waals surface area contributed by atoms with Gasteiger partial charge in [-0.05, 0) is 35.2 Å². The first-order valence-corrected chi connectivity index (χ1v) is 12.3. The zero-order valence-electron chi connectivity index (χ0n) is 19.5. The molecule has 5 heteroatoms. The fraction of sp³-hybridized carbons (Fsp3) is 0.241. The van der Waals surface area contributed by atoms with E-state index in [-0.39, 0.29) is 24.8 Å². The summed E-state index contributed by atoms with van der Waals surface area (Å²) < 4.78 is 0. The van der Waals surface area contributed by atoms with E-state index in [1.54, 1.807) is 0 Å². The molecule has 0 amide bonds. The molecule has 1 aromatic heterocycles. The molecule has 0 radical (unpaired) electrons. The first kappa shape index (κ1) is 26.5. The Kier molecular flexibility index (Phi) is 9.75. The number of benzene rings is 3. The molecule has 0 aliphatic carbocycles. The first-order chi connectivity index (χ1) is 15.8. The van der Waals surface area contributed by atoms with Gasteiger partial charge in [-0.1, -0.05) is 91.0 Å². The average Bonchev–Trinajstić information content (AvgIpc) is 3.22. The first-order valence-electron chi connectivity index (χ1n) is 11.5. The maximum Gasteiger partial charge on any atom is 0.0602 e. The Balaban J connectivity index is 0.00000162. The fourth-order valence-electron chi connectivity index (χ4n) is 4.69. The van der Waals surface area contributed by atoms with Gasteiger partial charge in [-0.3, -0.25) is 9.80 Å². The third-order valence-corrected chi connectivity index (χ3v) is 7.72. The molecule has 0 bridgehead atoms. The molecule has 4 aromatic rings. The molecular formula is C29H32Cl2N2S. The molecule has 2 heterocycles. The van der Waals surface area contributed by atoms with Crippen molar-refractivity contribution in [3.63, 3.8) is 0 Å². The number of rotatable bonds is 6. The Bertz CT molecular complexity index is 1090. The fourth-order valence-corrected chi connectivity index (χ4v) is 5.91. The predicted octanol–water partition coefficient (Wildman–Crippen LogP) is 7.47. The molecule has 1 fully saturated rings. The average molecular weight is 512 g/mol. The molecule has 5 rings (SSSR count). The van der Waals surface area contributed by atoms with Gasteiger partial charge in [-0.2, -0.15) is 0 Å². The normalized spacial score (nSPS) is 14.4. The lowest BCUT2D eigenvalue weighted by Gasteiger charge is -2.39. The van der Waals surface area contributed by atoms with Crippen LogP contribution in [-0.4, -0.2) is 36.0 Å². The number of nitrogens with zero attached hydrogens (tertiary/aromatic N) is 2. The highest BCUT2D eigenvalue weighted by Gasteiger charge is 2.26. The maximum atomic E-state index is 2.65. The van der Waals surface area contributed by atoms with Crippen LogP contribution in [0.2, 0.25) is 0 Å². The van der Waals surface area contributed by atoms with E-state index < -0.39 is 0 Å². The van der Waals surface area contributed by atoms with E-state index in [4.69, 9.17) is 0 Å². The molecule has 3 aromatic carbocycles. The van der Waals surface area contributed by atoms with Crippen LogP contribution in [0.25, 0.3) is 10.4 Å². The summed E-state index contributed by atoms with van der Waals surface area (Å²) in [6.07, 6.45) is 0. The van der Waals surface area contributed by atoms with Gasteiger partial charge in [0.05, 0.1) is 6.04 Å². The van der Waals surface area contributed by atoms with Gasteiger partial charge in [0, 0.05) is 42.5 Å². The molecular weight excluding hydrogens is 479 g/mol. The molecule has 0 unspecified atom stereocenters. The van der Waals surface area contributed by atoms with Crippen LogP contribution >= 0.6 is 36.2 Å². The number of hydrogen-bond acceptors (Lipinski definition) is 3. The van der Waals surface area contributed by atoms with Gasteiger partial charge in [-0.25, -0.2) is 0 Å². The second-order valence-corrected chi connectivity index (χ2v) is 9.76. The van der Waals surface area contributed by atoms with Crippen LogP contribution in [0, 0.1) is 6.92 Å². The minimum atomic E-state index is 0. The van der Waals surface area contributed by atoms with E-state index in [1.165, 1.54) is 32.0 Å². The molecule has 34 heavy (non-hydrogen) atoms. The largest absolute Gasteiger partial charge is 0.296 e. The molecule has 0 saturated carbocycles. The van der Waals surface area contributed by atoms with E-state index in [9.17, 15) is 0 Å². The monoisotopic (exact) mass is 510 g/mol. The van der Waals surface area contributed by atoms with E-state index in [0.29, 0.717) is 6.04 Å². The molecule has 0 atom stereocenters. The van der Waals surface area contributed by atoms with Crippen LogP contribution in [0.4, 0.5) is 0 Å². The second kappa shape index (κ2) is 12.5. The summed E-state index contributed by atoms with van der Waals surface area (Å²) in [6, 6.07) is 35.4. The second-order valence-electron chi connectivity index (χ2n) is 8.62. The maximum absolute atomic E-state index is 2.65. The summed E-state index contributed by atoms with van der Waals surface area (Å²) in [6.45, 7) is 7.70. The zero-order valence-corrected chi connectivity index (χ0v) is 21.9. The highest BCUT2D eigenvalue weighted by atomic mass is 35.5. The molecule has 1 aliphatic heterocycles. The van der Waals surface area contributed by atoms with Crippen LogP contribution in [0.5, 0.6) is 0 Å². The van der Waals surface area contributed by atoms with Gasteiger partial charge in [-0.15, -0.1) is 36.2 Å². The zero-order chi connectivity index (χ0) is 21.8. The third kappa shape index (κ3) is 6.10. The lowest BCUT2D eigenvalue weighted by molar-refractivity contribution is 0.105. The van der Waals surface area contributed by atoms with E-state index in [2.05, 4.69) is 114 Å². The van der Waals surface area contributed by atoms with Crippen molar-refractivity contribution in [3.05, 3.63) is 119 Å². The topological polar surface area (TPSA) is 6.48 Å². The summed E-state index contributed by atoms with van der Waals surface area (Å²) in [4.78, 5) is 8.15. The summed E-state index contributed by atoms with van der Waals surface area (Å²) in [5.74, 6) is 0. The summed E-state index contributed by atoms with van der Waals surface area (Å²) in [7, 11) is 0. The smallest absolute Gasteiger partial charge is 0.0602 e. The molecule has 1 saturated heterocycles. The van der Waals surface area contributed by atoms with Crippen molar-refractivity contribution in [2.75, 3.05) is 26.2 Å². The lowest BCUT2D eigenvalue weighted by Crippen LogP contribution is -2.47. The molecule has 0 N–H and O–H groups in total. The van der Waals surface area contributed by atoms with Gasteiger partial charge in [0.2, 0.25) is 0 Å². The SMILES string of the molecule is Cc1cc(-c2ccccc2)sc1CN1CCN(C(c2ccccc2)c2ccccc2)CC1.Cl.Cl. The van der Waals surface area contributed by atoms with Crippen LogP contribution in [0.15, 0.2) is 97.1 Å². The third-order valence-electron chi connectivity index (χ3n) is 6.45. The quantitative estimate of drug-likeness (QED) is 0.265. The standard InChI is InChI=1S/C29H30N2S.2ClH/c1-23-21-27(24-11-5-2-6-12-24)32-28(23)22-30-17-19-31(20-18-30)29(25-13-7-3-8-14-25)26-15-9-4-10-16-26;;/h2-16,21,29H,17-20,22H2,1H3;2*1H. The molecule has 2 nitrogen and oxygen atoms in total. The number of halogens is 2. The van der Waals surface area contributed by atoms with E-state index >= 15 is 0 Å². The van der Waals surface area contributed by atoms with Crippen molar-refractivity contribution in [1.29, 1.82) is 0 Å². The van der Waals surface area contributed by atoms with Gasteiger partial charge in [0.25, 0.3) is 0 Å². The Morgan fingerprint density at radius 3 is 1.74 bits per heavy atom. The van der Waals surface area contributed by atoms with Crippen molar-refractivity contribution in [3.8, 4) is 10.4 Å². The van der Waals surface area contributed by atoms with Crippen molar-refractivity contribution in [2.45, 2.75) is 19.5 Å². The molecule has 178 valence electrons. The van der Waals surface area contributed by atoms with E-state index in [1.807, 2.05) is 11.3 Å².